The molecule has 1 saturated heterocycles. The fourth-order valence-corrected chi connectivity index (χ4v) is 2.62. The minimum Gasteiger partial charge on any atom is -0.353 e. The van der Waals surface area contributed by atoms with Gasteiger partial charge in [-0.25, -0.2) is 14.6 Å². The van der Waals surface area contributed by atoms with Crippen LogP contribution in [0, 0.1) is 6.92 Å². The van der Waals surface area contributed by atoms with Crippen LogP contribution in [0.3, 0.4) is 0 Å². The number of nitrogens with zero attached hydrogens (tertiary/aromatic N) is 8. The van der Waals surface area contributed by atoms with Gasteiger partial charge < -0.3 is 9.80 Å². The summed E-state index contributed by atoms with van der Waals surface area (Å²) in [7, 11) is 1.87. The molecule has 0 amide bonds. The normalized spacial score (nSPS) is 15.7. The first-order valence-electron chi connectivity index (χ1n) is 7.62. The first kappa shape index (κ1) is 14.7. The second kappa shape index (κ2) is 5.86. The maximum atomic E-state index is 4.71. The van der Waals surface area contributed by atoms with Gasteiger partial charge in [0.1, 0.15) is 11.6 Å². The van der Waals surface area contributed by atoms with Gasteiger partial charge in [0, 0.05) is 50.9 Å². The Balaban J connectivity index is 1.73. The summed E-state index contributed by atoms with van der Waals surface area (Å²) < 4.78 is 1.71. The maximum Gasteiger partial charge on any atom is 0.245 e. The van der Waals surface area contributed by atoms with Gasteiger partial charge in [-0.3, -0.25) is 0 Å². The number of hydrogen-bond donors (Lipinski definition) is 0. The highest BCUT2D eigenvalue weighted by Crippen LogP contribution is 2.19. The lowest BCUT2D eigenvalue weighted by molar-refractivity contribution is 0.610. The molecule has 3 rings (SSSR count). The van der Waals surface area contributed by atoms with E-state index in [9.17, 15) is 0 Å². The minimum absolute atomic E-state index is 0.338. The van der Waals surface area contributed by atoms with E-state index < -0.39 is 0 Å². The van der Waals surface area contributed by atoms with Gasteiger partial charge in [0.05, 0.1) is 0 Å². The van der Waals surface area contributed by atoms with Crippen molar-refractivity contribution in [2.24, 2.45) is 7.05 Å². The van der Waals surface area contributed by atoms with E-state index in [1.54, 1.807) is 4.68 Å². The Bertz CT molecular complexity index is 642. The molecule has 1 aliphatic rings. The number of rotatable bonds is 3. The van der Waals surface area contributed by atoms with Gasteiger partial charge in [-0.05, 0) is 17.4 Å². The van der Waals surface area contributed by atoms with Gasteiger partial charge in [-0.1, -0.05) is 18.9 Å². The third kappa shape index (κ3) is 2.86. The number of hydrogen-bond acceptors (Lipinski definition) is 7. The molecule has 0 bridgehead atoms. The second-order valence-corrected chi connectivity index (χ2v) is 5.96. The molecule has 8 nitrogen and oxygen atoms in total. The number of piperazine rings is 1. The van der Waals surface area contributed by atoms with Crippen molar-refractivity contribution in [2.75, 3.05) is 36.0 Å². The highest BCUT2D eigenvalue weighted by atomic mass is 15.6. The van der Waals surface area contributed by atoms with E-state index in [2.05, 4.69) is 50.2 Å². The Morgan fingerprint density at radius 2 is 1.73 bits per heavy atom. The molecule has 1 aliphatic heterocycles. The lowest BCUT2D eigenvalue weighted by atomic mass is 10.2. The van der Waals surface area contributed by atoms with Crippen LogP contribution in [-0.2, 0) is 7.05 Å². The van der Waals surface area contributed by atoms with Gasteiger partial charge in [0.25, 0.3) is 0 Å². The average molecular weight is 302 g/mol. The van der Waals surface area contributed by atoms with E-state index in [0.29, 0.717) is 5.92 Å². The van der Waals surface area contributed by atoms with Gasteiger partial charge in [0.2, 0.25) is 5.95 Å². The third-order valence-corrected chi connectivity index (χ3v) is 3.86. The molecule has 3 heterocycles. The van der Waals surface area contributed by atoms with Crippen molar-refractivity contribution in [1.29, 1.82) is 0 Å². The van der Waals surface area contributed by atoms with Crippen LogP contribution in [0.25, 0.3) is 0 Å². The first-order valence-corrected chi connectivity index (χ1v) is 7.62. The highest BCUT2D eigenvalue weighted by Gasteiger charge is 2.22. The van der Waals surface area contributed by atoms with Crippen LogP contribution in [0.5, 0.6) is 0 Å². The zero-order valence-electron chi connectivity index (χ0n) is 13.6. The SMILES string of the molecule is Cc1cc(N2CCN(c3nnnn3C)CC2)nc(C(C)C)n1. The molecule has 0 unspecified atom stereocenters. The lowest BCUT2D eigenvalue weighted by Crippen LogP contribution is -2.47. The van der Waals surface area contributed by atoms with Crippen LogP contribution in [-0.4, -0.2) is 56.4 Å². The van der Waals surface area contributed by atoms with Crippen molar-refractivity contribution in [3.63, 3.8) is 0 Å². The predicted molar refractivity (Wildman–Crippen MR) is 84.1 cm³/mol. The Labute approximate surface area is 130 Å². The number of tetrazole rings is 1. The number of anilines is 2. The van der Waals surface area contributed by atoms with Crippen molar-refractivity contribution < 1.29 is 0 Å². The molecule has 1 fully saturated rings. The van der Waals surface area contributed by atoms with E-state index in [0.717, 1.165) is 49.5 Å². The van der Waals surface area contributed by atoms with Crippen LogP contribution in [0.1, 0.15) is 31.3 Å². The van der Waals surface area contributed by atoms with Crippen molar-refractivity contribution >= 4 is 11.8 Å². The average Bonchev–Trinajstić information content (AvgIpc) is 2.93. The summed E-state index contributed by atoms with van der Waals surface area (Å²) in [5.41, 5.74) is 1.02. The molecule has 2 aromatic rings. The highest BCUT2D eigenvalue weighted by molar-refractivity contribution is 5.43. The summed E-state index contributed by atoms with van der Waals surface area (Å²) in [5.74, 6) is 3.09. The monoisotopic (exact) mass is 302 g/mol. The molecular weight excluding hydrogens is 280 g/mol. The quantitative estimate of drug-likeness (QED) is 0.828. The molecule has 0 N–H and O–H groups in total. The Morgan fingerprint density at radius 1 is 1.05 bits per heavy atom. The van der Waals surface area contributed by atoms with Gasteiger partial charge >= 0.3 is 0 Å². The summed E-state index contributed by atoms with van der Waals surface area (Å²) >= 11 is 0. The number of aromatic nitrogens is 6. The fraction of sp³-hybridized carbons (Fsp3) is 0.643. The maximum absolute atomic E-state index is 4.71. The van der Waals surface area contributed by atoms with Crippen molar-refractivity contribution in [1.82, 2.24) is 30.2 Å². The molecule has 0 atom stereocenters. The summed E-state index contributed by atoms with van der Waals surface area (Å²) in [6, 6.07) is 2.06. The molecule has 0 spiro atoms. The Kier molecular flexibility index (Phi) is 3.91. The topological polar surface area (TPSA) is 75.9 Å². The smallest absolute Gasteiger partial charge is 0.245 e. The molecule has 8 heteroatoms. The van der Waals surface area contributed by atoms with Crippen LogP contribution in [0.4, 0.5) is 11.8 Å². The van der Waals surface area contributed by atoms with Crippen LogP contribution in [0.15, 0.2) is 6.07 Å². The summed E-state index contributed by atoms with van der Waals surface area (Å²) in [4.78, 5) is 13.7. The van der Waals surface area contributed by atoms with E-state index in [-0.39, 0.29) is 0 Å². The molecule has 0 aliphatic carbocycles. The second-order valence-electron chi connectivity index (χ2n) is 5.96. The van der Waals surface area contributed by atoms with E-state index in [1.807, 2.05) is 14.0 Å². The summed E-state index contributed by atoms with van der Waals surface area (Å²) in [6.45, 7) is 9.85. The molecule has 0 saturated carbocycles. The van der Waals surface area contributed by atoms with Crippen molar-refractivity contribution in [2.45, 2.75) is 26.7 Å². The molecule has 22 heavy (non-hydrogen) atoms. The molecule has 2 aromatic heterocycles. The van der Waals surface area contributed by atoms with Crippen molar-refractivity contribution in [3.8, 4) is 0 Å². The summed E-state index contributed by atoms with van der Waals surface area (Å²) in [6.07, 6.45) is 0. The molecular formula is C14H22N8. The minimum atomic E-state index is 0.338. The third-order valence-electron chi connectivity index (χ3n) is 3.86. The molecule has 0 radical (unpaired) electrons. The summed E-state index contributed by atoms with van der Waals surface area (Å²) in [5, 5.41) is 11.7. The fourth-order valence-electron chi connectivity index (χ4n) is 2.62. The standard InChI is InChI=1S/C14H22N8/c1-10(2)13-15-11(3)9-12(16-13)21-5-7-22(8-6-21)14-17-18-19-20(14)4/h9-10H,5-8H2,1-4H3. The number of aryl methyl sites for hydroxylation is 2. The van der Waals surface area contributed by atoms with E-state index in [4.69, 9.17) is 4.98 Å². The van der Waals surface area contributed by atoms with Gasteiger partial charge in [-0.15, -0.1) is 0 Å². The molecule has 0 aromatic carbocycles. The van der Waals surface area contributed by atoms with Gasteiger partial charge in [0.15, 0.2) is 0 Å². The zero-order valence-corrected chi connectivity index (χ0v) is 13.6. The Hall–Kier alpha value is -2.25. The Morgan fingerprint density at radius 3 is 2.32 bits per heavy atom. The molecule has 118 valence electrons. The van der Waals surface area contributed by atoms with Crippen molar-refractivity contribution in [3.05, 3.63) is 17.6 Å². The lowest BCUT2D eigenvalue weighted by Gasteiger charge is -2.35. The first-order chi connectivity index (χ1) is 10.5. The zero-order chi connectivity index (χ0) is 15.7. The van der Waals surface area contributed by atoms with Crippen LogP contribution < -0.4 is 9.80 Å². The van der Waals surface area contributed by atoms with E-state index >= 15 is 0 Å². The van der Waals surface area contributed by atoms with E-state index in [1.165, 1.54) is 0 Å². The van der Waals surface area contributed by atoms with Gasteiger partial charge in [-0.2, -0.15) is 0 Å². The largest absolute Gasteiger partial charge is 0.353 e. The van der Waals surface area contributed by atoms with Crippen LogP contribution in [0.2, 0.25) is 0 Å². The predicted octanol–water partition coefficient (Wildman–Crippen LogP) is 0.759. The van der Waals surface area contributed by atoms with Crippen LogP contribution >= 0.6 is 0 Å².